The van der Waals surface area contributed by atoms with Crippen LogP contribution in [0.25, 0.3) is 0 Å². The van der Waals surface area contributed by atoms with Gasteiger partial charge in [0.1, 0.15) is 11.4 Å². The molecule has 1 aliphatic rings. The van der Waals surface area contributed by atoms with Crippen molar-refractivity contribution in [3.05, 3.63) is 29.8 Å². The van der Waals surface area contributed by atoms with Gasteiger partial charge in [0.15, 0.2) is 0 Å². The Balaban J connectivity index is 2.38. The van der Waals surface area contributed by atoms with E-state index >= 15 is 0 Å². The van der Waals surface area contributed by atoms with E-state index in [9.17, 15) is 5.11 Å². The van der Waals surface area contributed by atoms with Gasteiger partial charge in [0.25, 0.3) is 0 Å². The molecule has 1 aromatic carbocycles. The molecule has 2 rings (SSSR count). The molecular weight excluding hydrogens is 176 g/mol. The number of benzene rings is 1. The lowest BCUT2D eigenvalue weighted by molar-refractivity contribution is -0.00376. The van der Waals surface area contributed by atoms with Crippen LogP contribution in [0.5, 0.6) is 5.75 Å². The molecule has 1 aliphatic heterocycles. The number of fused-ring (bicyclic) bond motifs is 1. The number of hydrogen-bond donors (Lipinski definition) is 1. The summed E-state index contributed by atoms with van der Waals surface area (Å²) in [6.07, 6.45) is 1.21. The molecule has 0 amide bonds. The number of rotatable bonds is 1. The maximum absolute atomic E-state index is 9.95. The van der Waals surface area contributed by atoms with E-state index in [1.165, 1.54) is 0 Å². The van der Waals surface area contributed by atoms with E-state index in [1.807, 2.05) is 31.2 Å². The van der Waals surface area contributed by atoms with Crippen LogP contribution in [0.3, 0.4) is 0 Å². The van der Waals surface area contributed by atoms with Gasteiger partial charge in [-0.15, -0.1) is 0 Å². The first-order valence-electron chi connectivity index (χ1n) is 5.10. The molecular formula is C12H16O2. The van der Waals surface area contributed by atoms with E-state index in [0.717, 1.165) is 17.7 Å². The van der Waals surface area contributed by atoms with Gasteiger partial charge in [0.2, 0.25) is 0 Å². The van der Waals surface area contributed by atoms with Crippen molar-refractivity contribution in [3.8, 4) is 5.75 Å². The van der Waals surface area contributed by atoms with Crippen molar-refractivity contribution in [3.63, 3.8) is 0 Å². The normalized spacial score (nSPS) is 30.6. The van der Waals surface area contributed by atoms with Crippen LogP contribution in [0, 0.1) is 0 Å². The maximum Gasteiger partial charge on any atom is 0.125 e. The fourth-order valence-electron chi connectivity index (χ4n) is 1.89. The van der Waals surface area contributed by atoms with Gasteiger partial charge in [-0.25, -0.2) is 0 Å². The first-order chi connectivity index (χ1) is 6.64. The molecule has 0 aliphatic carbocycles. The zero-order valence-corrected chi connectivity index (χ0v) is 8.66. The van der Waals surface area contributed by atoms with Gasteiger partial charge in [-0.2, -0.15) is 0 Å². The standard InChI is InChI=1S/C12H16O2/c1-3-12(2)8-10(13)9-6-4-5-7-11(9)14-12/h4-7,10,13H,3,8H2,1-2H3/t10-,12?/m1/s1. The minimum Gasteiger partial charge on any atom is -0.487 e. The molecule has 2 atom stereocenters. The van der Waals surface area contributed by atoms with E-state index in [0.29, 0.717) is 6.42 Å². The van der Waals surface area contributed by atoms with E-state index in [2.05, 4.69) is 6.92 Å². The molecule has 0 saturated heterocycles. The predicted octanol–water partition coefficient (Wildman–Crippen LogP) is 2.67. The SMILES string of the molecule is CCC1(C)C[C@@H](O)c2ccccc2O1. The Morgan fingerprint density at radius 1 is 1.50 bits per heavy atom. The molecule has 1 N–H and O–H groups in total. The molecule has 1 unspecified atom stereocenters. The van der Waals surface area contributed by atoms with E-state index < -0.39 is 0 Å². The van der Waals surface area contributed by atoms with Crippen molar-refractivity contribution in [1.29, 1.82) is 0 Å². The molecule has 14 heavy (non-hydrogen) atoms. The molecule has 0 radical (unpaired) electrons. The van der Waals surface area contributed by atoms with Gasteiger partial charge in [0, 0.05) is 12.0 Å². The molecule has 1 aromatic rings. The zero-order valence-electron chi connectivity index (χ0n) is 8.66. The van der Waals surface area contributed by atoms with Gasteiger partial charge in [0.05, 0.1) is 6.10 Å². The summed E-state index contributed by atoms with van der Waals surface area (Å²) in [5, 5.41) is 9.95. The van der Waals surface area contributed by atoms with Gasteiger partial charge in [-0.1, -0.05) is 25.1 Å². The van der Waals surface area contributed by atoms with E-state index in [-0.39, 0.29) is 11.7 Å². The van der Waals surface area contributed by atoms with Crippen molar-refractivity contribution in [1.82, 2.24) is 0 Å². The molecule has 0 fully saturated rings. The summed E-state index contributed by atoms with van der Waals surface area (Å²) in [5.41, 5.74) is 0.701. The second-order valence-electron chi connectivity index (χ2n) is 4.16. The third-order valence-corrected chi connectivity index (χ3v) is 3.01. The van der Waals surface area contributed by atoms with Gasteiger partial charge in [-0.05, 0) is 19.4 Å². The van der Waals surface area contributed by atoms with Crippen LogP contribution < -0.4 is 4.74 Å². The number of hydrogen-bond acceptors (Lipinski definition) is 2. The van der Waals surface area contributed by atoms with Gasteiger partial charge >= 0.3 is 0 Å². The monoisotopic (exact) mass is 192 g/mol. The Morgan fingerprint density at radius 3 is 2.93 bits per heavy atom. The van der Waals surface area contributed by atoms with Crippen LogP contribution >= 0.6 is 0 Å². The predicted molar refractivity (Wildman–Crippen MR) is 55.3 cm³/mol. The molecule has 0 bridgehead atoms. The minimum atomic E-state index is -0.384. The summed E-state index contributed by atoms with van der Waals surface area (Å²) in [7, 11) is 0. The van der Waals surface area contributed by atoms with Crippen LogP contribution in [0.15, 0.2) is 24.3 Å². The minimum absolute atomic E-state index is 0.215. The molecule has 0 saturated carbocycles. The molecule has 2 nitrogen and oxygen atoms in total. The lowest BCUT2D eigenvalue weighted by Gasteiger charge is -2.37. The van der Waals surface area contributed by atoms with Crippen LogP contribution in [0.2, 0.25) is 0 Å². The molecule has 76 valence electrons. The fraction of sp³-hybridized carbons (Fsp3) is 0.500. The Morgan fingerprint density at radius 2 is 2.21 bits per heavy atom. The quantitative estimate of drug-likeness (QED) is 0.741. The smallest absolute Gasteiger partial charge is 0.125 e. The van der Waals surface area contributed by atoms with Crippen molar-refractivity contribution in [2.75, 3.05) is 0 Å². The second-order valence-corrected chi connectivity index (χ2v) is 4.16. The second kappa shape index (κ2) is 3.28. The fourth-order valence-corrected chi connectivity index (χ4v) is 1.89. The topological polar surface area (TPSA) is 29.5 Å². The average molecular weight is 192 g/mol. The highest BCUT2D eigenvalue weighted by molar-refractivity contribution is 5.37. The number of aliphatic hydroxyl groups is 1. The third kappa shape index (κ3) is 1.50. The van der Waals surface area contributed by atoms with Crippen LogP contribution in [0.4, 0.5) is 0 Å². The van der Waals surface area contributed by atoms with E-state index in [1.54, 1.807) is 0 Å². The molecule has 0 spiro atoms. The number of para-hydroxylation sites is 1. The molecule has 2 heteroatoms. The van der Waals surface area contributed by atoms with Crippen LogP contribution in [0.1, 0.15) is 38.4 Å². The maximum atomic E-state index is 9.95. The number of ether oxygens (including phenoxy) is 1. The largest absolute Gasteiger partial charge is 0.487 e. The summed E-state index contributed by atoms with van der Waals surface area (Å²) in [6.45, 7) is 4.13. The van der Waals surface area contributed by atoms with Gasteiger partial charge in [-0.3, -0.25) is 0 Å². The summed E-state index contributed by atoms with van der Waals surface area (Å²) in [6, 6.07) is 7.72. The Labute approximate surface area is 84.5 Å². The van der Waals surface area contributed by atoms with Crippen molar-refractivity contribution < 1.29 is 9.84 Å². The highest BCUT2D eigenvalue weighted by atomic mass is 16.5. The third-order valence-electron chi connectivity index (χ3n) is 3.01. The Bertz CT molecular complexity index is 335. The molecule has 0 aromatic heterocycles. The summed E-state index contributed by atoms with van der Waals surface area (Å²) in [5.74, 6) is 0.829. The highest BCUT2D eigenvalue weighted by Crippen LogP contribution is 2.40. The van der Waals surface area contributed by atoms with Crippen molar-refractivity contribution in [2.45, 2.75) is 38.4 Å². The molecule has 1 heterocycles. The summed E-state index contributed by atoms with van der Waals surface area (Å²) < 4.78 is 5.88. The zero-order chi connectivity index (χ0) is 10.2. The van der Waals surface area contributed by atoms with Gasteiger partial charge < -0.3 is 9.84 Å². The van der Waals surface area contributed by atoms with Crippen molar-refractivity contribution >= 4 is 0 Å². The first-order valence-corrected chi connectivity index (χ1v) is 5.10. The van der Waals surface area contributed by atoms with Crippen molar-refractivity contribution in [2.24, 2.45) is 0 Å². The lowest BCUT2D eigenvalue weighted by atomic mass is 9.88. The number of aliphatic hydroxyl groups excluding tert-OH is 1. The van der Waals surface area contributed by atoms with Crippen LogP contribution in [-0.4, -0.2) is 10.7 Å². The highest BCUT2D eigenvalue weighted by Gasteiger charge is 2.34. The average Bonchev–Trinajstić information content (AvgIpc) is 2.18. The summed E-state index contributed by atoms with van der Waals surface area (Å²) >= 11 is 0. The van der Waals surface area contributed by atoms with E-state index in [4.69, 9.17) is 4.74 Å². The van der Waals surface area contributed by atoms with Crippen LogP contribution in [-0.2, 0) is 0 Å². The lowest BCUT2D eigenvalue weighted by Crippen LogP contribution is -2.37. The summed E-state index contributed by atoms with van der Waals surface area (Å²) in [4.78, 5) is 0. The Kier molecular flexibility index (Phi) is 2.23. The Hall–Kier alpha value is -1.02. The first kappa shape index (κ1) is 9.53.